The number of rotatable bonds is 0. The summed E-state index contributed by atoms with van der Waals surface area (Å²) in [4.78, 5) is 12.1. The number of piperidine rings is 1. The number of carboxylic acid groups (broad SMARTS) is 1. The summed E-state index contributed by atoms with van der Waals surface area (Å²) in [5.41, 5.74) is 0.561. The third-order valence-electron chi connectivity index (χ3n) is 3.51. The second kappa shape index (κ2) is 2.64. The predicted octanol–water partition coefficient (Wildman–Crippen LogP) is 1.93. The summed E-state index contributed by atoms with van der Waals surface area (Å²) >= 11 is 0. The Kier molecular flexibility index (Phi) is 1.74. The average molecular weight is 169 g/mol. The fourth-order valence-electron chi connectivity index (χ4n) is 2.35. The summed E-state index contributed by atoms with van der Waals surface area (Å²) in [6.07, 6.45) is 5.47. The summed E-state index contributed by atoms with van der Waals surface area (Å²) in [6.45, 7) is 1.52. The smallest absolute Gasteiger partial charge is 0.407 e. The van der Waals surface area contributed by atoms with Crippen molar-refractivity contribution in [3.63, 3.8) is 0 Å². The Labute approximate surface area is 72.4 Å². The van der Waals surface area contributed by atoms with Crippen molar-refractivity contribution in [3.05, 3.63) is 0 Å². The molecule has 0 radical (unpaired) electrons. The molecule has 0 unspecified atom stereocenters. The van der Waals surface area contributed by atoms with Crippen LogP contribution in [0.3, 0.4) is 0 Å². The monoisotopic (exact) mass is 169 g/mol. The standard InChI is InChI=1S/C9H15NO2/c11-8(12)10-6-4-9(5-7-10)2-1-3-9/h1-7H2,(H,11,12). The quantitative estimate of drug-likeness (QED) is 0.602. The molecule has 1 heterocycles. The molecular weight excluding hydrogens is 154 g/mol. The van der Waals surface area contributed by atoms with Crippen LogP contribution in [0, 0.1) is 5.41 Å². The first-order chi connectivity index (χ1) is 5.72. The van der Waals surface area contributed by atoms with Crippen molar-refractivity contribution in [2.75, 3.05) is 13.1 Å². The Bertz CT molecular complexity index is 189. The van der Waals surface area contributed by atoms with E-state index in [2.05, 4.69) is 0 Å². The fraction of sp³-hybridized carbons (Fsp3) is 0.889. The Balaban J connectivity index is 1.88. The van der Waals surface area contributed by atoms with Crippen LogP contribution in [0.2, 0.25) is 0 Å². The van der Waals surface area contributed by atoms with Crippen LogP contribution in [0.15, 0.2) is 0 Å². The van der Waals surface area contributed by atoms with Crippen LogP contribution in [0.1, 0.15) is 32.1 Å². The lowest BCUT2D eigenvalue weighted by atomic mass is 9.63. The average Bonchev–Trinajstić information content (AvgIpc) is 2.02. The summed E-state index contributed by atoms with van der Waals surface area (Å²) in [5, 5.41) is 8.73. The van der Waals surface area contributed by atoms with E-state index in [-0.39, 0.29) is 0 Å². The zero-order valence-electron chi connectivity index (χ0n) is 7.25. The van der Waals surface area contributed by atoms with Gasteiger partial charge in [-0.3, -0.25) is 0 Å². The zero-order chi connectivity index (χ0) is 8.60. The predicted molar refractivity (Wildman–Crippen MR) is 45.1 cm³/mol. The number of amides is 1. The molecule has 0 aromatic heterocycles. The van der Waals surface area contributed by atoms with Crippen molar-refractivity contribution in [1.82, 2.24) is 4.90 Å². The number of hydrogen-bond acceptors (Lipinski definition) is 1. The van der Waals surface area contributed by atoms with Gasteiger partial charge < -0.3 is 10.0 Å². The summed E-state index contributed by atoms with van der Waals surface area (Å²) in [7, 11) is 0. The second-order valence-electron chi connectivity index (χ2n) is 4.12. The van der Waals surface area contributed by atoms with E-state index in [1.807, 2.05) is 0 Å². The molecule has 1 amide bonds. The molecule has 0 bridgehead atoms. The number of likely N-dealkylation sites (tertiary alicyclic amines) is 1. The summed E-state index contributed by atoms with van der Waals surface area (Å²) < 4.78 is 0. The molecule has 0 aromatic rings. The highest BCUT2D eigenvalue weighted by Crippen LogP contribution is 2.48. The molecule has 2 aliphatic rings. The minimum atomic E-state index is -0.746. The zero-order valence-corrected chi connectivity index (χ0v) is 7.25. The molecule has 0 atom stereocenters. The summed E-state index contributed by atoms with van der Waals surface area (Å²) in [5.74, 6) is 0. The minimum absolute atomic E-state index is 0.561. The lowest BCUT2D eigenvalue weighted by Crippen LogP contribution is -2.45. The number of nitrogens with zero attached hydrogens (tertiary/aromatic N) is 1. The van der Waals surface area contributed by atoms with Gasteiger partial charge in [-0.25, -0.2) is 4.79 Å². The van der Waals surface area contributed by atoms with E-state index >= 15 is 0 Å². The first-order valence-electron chi connectivity index (χ1n) is 4.70. The summed E-state index contributed by atoms with van der Waals surface area (Å²) in [6, 6.07) is 0. The molecule has 3 nitrogen and oxygen atoms in total. The molecule has 0 aromatic carbocycles. The lowest BCUT2D eigenvalue weighted by molar-refractivity contribution is 0.0355. The van der Waals surface area contributed by atoms with Crippen LogP contribution in [0.5, 0.6) is 0 Å². The van der Waals surface area contributed by atoms with Gasteiger partial charge in [0.15, 0.2) is 0 Å². The maximum absolute atomic E-state index is 10.6. The van der Waals surface area contributed by atoms with Gasteiger partial charge in [-0.15, -0.1) is 0 Å². The maximum Gasteiger partial charge on any atom is 0.407 e. The third-order valence-corrected chi connectivity index (χ3v) is 3.51. The van der Waals surface area contributed by atoms with Gasteiger partial charge in [-0.2, -0.15) is 0 Å². The maximum atomic E-state index is 10.6. The molecule has 1 aliphatic heterocycles. The molecule has 68 valence electrons. The highest BCUT2D eigenvalue weighted by atomic mass is 16.4. The normalized spacial score (nSPS) is 26.8. The highest BCUT2D eigenvalue weighted by Gasteiger charge is 2.40. The van der Waals surface area contributed by atoms with E-state index in [0.29, 0.717) is 5.41 Å². The van der Waals surface area contributed by atoms with Gasteiger partial charge in [0, 0.05) is 13.1 Å². The van der Waals surface area contributed by atoms with Crippen LogP contribution in [-0.4, -0.2) is 29.2 Å². The van der Waals surface area contributed by atoms with E-state index in [9.17, 15) is 4.79 Å². The van der Waals surface area contributed by atoms with Gasteiger partial charge >= 0.3 is 6.09 Å². The number of hydrogen-bond donors (Lipinski definition) is 1. The molecule has 3 heteroatoms. The van der Waals surface area contributed by atoms with E-state index in [1.165, 1.54) is 19.3 Å². The van der Waals surface area contributed by atoms with E-state index in [1.54, 1.807) is 4.90 Å². The van der Waals surface area contributed by atoms with E-state index in [0.717, 1.165) is 25.9 Å². The Morgan fingerprint density at radius 2 is 1.75 bits per heavy atom. The van der Waals surface area contributed by atoms with Gasteiger partial charge in [-0.05, 0) is 31.1 Å². The van der Waals surface area contributed by atoms with E-state index in [4.69, 9.17) is 5.11 Å². The molecular formula is C9H15NO2. The molecule has 1 saturated heterocycles. The molecule has 2 fully saturated rings. The topological polar surface area (TPSA) is 40.5 Å². The Morgan fingerprint density at radius 1 is 1.17 bits per heavy atom. The number of carbonyl (C=O) groups is 1. The first-order valence-corrected chi connectivity index (χ1v) is 4.70. The molecule has 2 rings (SSSR count). The third kappa shape index (κ3) is 1.17. The second-order valence-corrected chi connectivity index (χ2v) is 4.12. The van der Waals surface area contributed by atoms with Crippen LogP contribution in [0.4, 0.5) is 4.79 Å². The van der Waals surface area contributed by atoms with Crippen molar-refractivity contribution in [2.45, 2.75) is 32.1 Å². The minimum Gasteiger partial charge on any atom is -0.465 e. The van der Waals surface area contributed by atoms with Crippen LogP contribution >= 0.6 is 0 Å². The molecule has 1 aliphatic carbocycles. The molecule has 12 heavy (non-hydrogen) atoms. The van der Waals surface area contributed by atoms with Gasteiger partial charge in [0.25, 0.3) is 0 Å². The molecule has 1 saturated carbocycles. The highest BCUT2D eigenvalue weighted by molar-refractivity contribution is 5.65. The van der Waals surface area contributed by atoms with Gasteiger partial charge in [-0.1, -0.05) is 6.42 Å². The van der Waals surface area contributed by atoms with Gasteiger partial charge in [0.05, 0.1) is 0 Å². The van der Waals surface area contributed by atoms with Gasteiger partial charge in [0.1, 0.15) is 0 Å². The Hall–Kier alpha value is -0.730. The van der Waals surface area contributed by atoms with Crippen molar-refractivity contribution < 1.29 is 9.90 Å². The Morgan fingerprint density at radius 3 is 2.08 bits per heavy atom. The first kappa shape index (κ1) is 7.90. The lowest BCUT2D eigenvalue weighted by Gasteiger charge is -2.47. The van der Waals surface area contributed by atoms with Crippen molar-refractivity contribution in [3.8, 4) is 0 Å². The molecule has 1 N–H and O–H groups in total. The van der Waals surface area contributed by atoms with Crippen molar-refractivity contribution >= 4 is 6.09 Å². The fourth-order valence-corrected chi connectivity index (χ4v) is 2.35. The van der Waals surface area contributed by atoms with Gasteiger partial charge in [0.2, 0.25) is 0 Å². The van der Waals surface area contributed by atoms with Crippen LogP contribution < -0.4 is 0 Å². The molecule has 1 spiro atoms. The van der Waals surface area contributed by atoms with Crippen LogP contribution in [-0.2, 0) is 0 Å². The largest absolute Gasteiger partial charge is 0.465 e. The van der Waals surface area contributed by atoms with Crippen molar-refractivity contribution in [1.29, 1.82) is 0 Å². The SMILES string of the molecule is O=C(O)N1CCC2(CCC2)CC1. The van der Waals surface area contributed by atoms with E-state index < -0.39 is 6.09 Å². The van der Waals surface area contributed by atoms with Crippen LogP contribution in [0.25, 0.3) is 0 Å². The van der Waals surface area contributed by atoms with Crippen molar-refractivity contribution in [2.24, 2.45) is 5.41 Å².